The van der Waals surface area contributed by atoms with Gasteiger partial charge in [0, 0.05) is 6.04 Å². The van der Waals surface area contributed by atoms with Gasteiger partial charge >= 0.3 is 7.60 Å². The molecule has 0 radical (unpaired) electrons. The van der Waals surface area contributed by atoms with Gasteiger partial charge in [0.1, 0.15) is 30.7 Å². The molecule has 1 saturated heterocycles. The van der Waals surface area contributed by atoms with Crippen LogP contribution in [0.15, 0.2) is 6.20 Å². The molecule has 8 N–H and O–H groups in total. The molecule has 208 valence electrons. The lowest BCUT2D eigenvalue weighted by Gasteiger charge is -2.32. The van der Waals surface area contributed by atoms with Gasteiger partial charge < -0.3 is 45.0 Å². The summed E-state index contributed by atoms with van der Waals surface area (Å²) in [5, 5.41) is 59.3. The zero-order valence-corrected chi connectivity index (χ0v) is 20.8. The molecule has 0 amide bonds. The van der Waals surface area contributed by atoms with Gasteiger partial charge in [-0.25, -0.2) is 14.6 Å². The maximum absolute atomic E-state index is 12.3. The minimum atomic E-state index is -5.12. The smallest absolute Gasteiger partial charge is 0.359 e. The van der Waals surface area contributed by atoms with Crippen LogP contribution < -0.4 is 5.32 Å². The van der Waals surface area contributed by atoms with Crippen molar-refractivity contribution in [2.75, 3.05) is 18.5 Å². The van der Waals surface area contributed by atoms with E-state index in [0.29, 0.717) is 11.2 Å². The van der Waals surface area contributed by atoms with E-state index in [2.05, 4.69) is 41.0 Å². The number of hydrogen-bond donors (Lipinski definition) is 8. The van der Waals surface area contributed by atoms with Gasteiger partial charge in [-0.1, -0.05) is 5.21 Å². The lowest BCUT2D eigenvalue weighted by molar-refractivity contribution is -0.109. The summed E-state index contributed by atoms with van der Waals surface area (Å²) in [5.74, 6) is 0.463. The maximum atomic E-state index is 12.3. The van der Waals surface area contributed by atoms with Crippen LogP contribution >= 0.6 is 7.60 Å². The molecule has 38 heavy (non-hydrogen) atoms. The van der Waals surface area contributed by atoms with Gasteiger partial charge in [0.2, 0.25) is 0 Å². The molecule has 1 saturated carbocycles. The monoisotopic (exact) mass is 557 g/mol. The van der Waals surface area contributed by atoms with Crippen molar-refractivity contribution in [3.8, 4) is 0 Å². The second-order valence-electron chi connectivity index (χ2n) is 9.26. The molecule has 0 aromatic carbocycles. The van der Waals surface area contributed by atoms with E-state index in [-0.39, 0.29) is 23.3 Å². The molecule has 5 rings (SSSR count). The molecule has 1 aliphatic carbocycles. The number of hydrogen-bond acceptors (Lipinski definition) is 14. The Hall–Kier alpha value is -2.67. The van der Waals surface area contributed by atoms with E-state index in [1.807, 2.05) is 0 Å². The first-order valence-corrected chi connectivity index (χ1v) is 13.4. The highest BCUT2D eigenvalue weighted by Gasteiger charge is 2.52. The Morgan fingerprint density at radius 2 is 2.00 bits per heavy atom. The van der Waals surface area contributed by atoms with Crippen molar-refractivity contribution in [1.29, 1.82) is 0 Å². The largest absolute Gasteiger partial charge is 0.393 e. The number of aliphatic hydroxyl groups excluding tert-OH is 4. The third-order valence-corrected chi connectivity index (χ3v) is 8.27. The Morgan fingerprint density at radius 1 is 1.21 bits per heavy atom. The molecule has 0 bridgehead atoms. The standard InChI is InChI=1S/C19H28N9O9P/c29-6-13-22-16(21-9-2-1-3-9)10-5-20-28(17(10)23-13)18-15(32)14(31)11(37-18)7-36-19(8-30,38(33,34)35)4-12-24-26-27-25-12/h5,9,11,14-15,18,29-32H,1-4,6-8H2,(H,21,22,23)(H2,33,34,35)(H,24,25,26,27)/t11-,14-,15-,18?,19?/m1/s1. The zero-order chi connectivity index (χ0) is 27.1. The molecule has 0 spiro atoms. The minimum Gasteiger partial charge on any atom is -0.393 e. The normalized spacial score (nSPS) is 25.9. The predicted octanol–water partition coefficient (Wildman–Crippen LogP) is -2.46. The fourth-order valence-corrected chi connectivity index (χ4v) is 5.10. The molecule has 2 aliphatic rings. The van der Waals surface area contributed by atoms with Gasteiger partial charge in [0.05, 0.1) is 31.2 Å². The van der Waals surface area contributed by atoms with Crippen molar-refractivity contribution in [3.05, 3.63) is 17.8 Å². The molecule has 3 aromatic rings. The zero-order valence-electron chi connectivity index (χ0n) is 19.9. The van der Waals surface area contributed by atoms with Crippen LogP contribution in [-0.2, 0) is 27.1 Å². The Labute approximate surface area is 214 Å². The summed E-state index contributed by atoms with van der Waals surface area (Å²) < 4.78 is 24.8. The van der Waals surface area contributed by atoms with E-state index in [0.717, 1.165) is 19.3 Å². The third-order valence-electron chi connectivity index (χ3n) is 6.78. The van der Waals surface area contributed by atoms with E-state index in [9.17, 15) is 34.8 Å². The highest BCUT2D eigenvalue weighted by atomic mass is 31.2. The quantitative estimate of drug-likeness (QED) is 0.114. The highest BCUT2D eigenvalue weighted by Crippen LogP contribution is 2.53. The summed E-state index contributed by atoms with van der Waals surface area (Å²) in [6, 6.07) is 0.230. The number of aliphatic hydroxyl groups is 4. The molecule has 2 fully saturated rings. The summed E-state index contributed by atoms with van der Waals surface area (Å²) in [7, 11) is -5.12. The predicted molar refractivity (Wildman–Crippen MR) is 124 cm³/mol. The number of aromatic nitrogens is 8. The molecule has 1 aliphatic heterocycles. The second kappa shape index (κ2) is 10.5. The molecule has 18 nitrogen and oxygen atoms in total. The van der Waals surface area contributed by atoms with Crippen LogP contribution in [0.4, 0.5) is 5.82 Å². The average molecular weight is 557 g/mol. The number of aromatic amines is 1. The highest BCUT2D eigenvalue weighted by molar-refractivity contribution is 7.53. The van der Waals surface area contributed by atoms with E-state index in [4.69, 9.17) is 9.47 Å². The molecule has 3 aromatic heterocycles. The third kappa shape index (κ3) is 4.90. The van der Waals surface area contributed by atoms with Crippen molar-refractivity contribution in [3.63, 3.8) is 0 Å². The minimum absolute atomic E-state index is 0.116. The molecule has 4 heterocycles. The van der Waals surface area contributed by atoms with Crippen molar-refractivity contribution < 1.29 is 44.3 Å². The summed E-state index contributed by atoms with van der Waals surface area (Å²) in [4.78, 5) is 28.5. The van der Waals surface area contributed by atoms with E-state index in [1.165, 1.54) is 10.9 Å². The number of tetrazole rings is 1. The van der Waals surface area contributed by atoms with Gasteiger partial charge in [-0.05, 0) is 19.3 Å². The van der Waals surface area contributed by atoms with Gasteiger partial charge in [0.15, 0.2) is 28.9 Å². The molecular weight excluding hydrogens is 529 g/mol. The van der Waals surface area contributed by atoms with Crippen LogP contribution in [0.1, 0.15) is 37.1 Å². The molecule has 19 heteroatoms. The Morgan fingerprint density at radius 3 is 2.61 bits per heavy atom. The van der Waals surface area contributed by atoms with Crippen LogP contribution in [0.25, 0.3) is 11.0 Å². The number of rotatable bonds is 11. The first-order valence-electron chi connectivity index (χ1n) is 11.8. The molecular formula is C19H28N9O9P. The first kappa shape index (κ1) is 26.9. The van der Waals surface area contributed by atoms with Crippen LogP contribution in [-0.4, -0.2) is 113 Å². The van der Waals surface area contributed by atoms with Crippen LogP contribution in [0.3, 0.4) is 0 Å². The number of fused-ring (bicyclic) bond motifs is 1. The Bertz CT molecular complexity index is 1300. The van der Waals surface area contributed by atoms with Crippen molar-refractivity contribution in [2.24, 2.45) is 0 Å². The van der Waals surface area contributed by atoms with Crippen LogP contribution in [0.5, 0.6) is 0 Å². The number of anilines is 1. The van der Waals surface area contributed by atoms with E-state index in [1.54, 1.807) is 0 Å². The fourth-order valence-electron chi connectivity index (χ4n) is 4.33. The summed E-state index contributed by atoms with van der Waals surface area (Å²) >= 11 is 0. The number of ether oxygens (including phenoxy) is 2. The SMILES string of the molecule is O=P(O)(O)C(CO)(Cc1nn[nH]n1)OC[C@H]1OC(n2ncc3c(NC4CCC4)nc(CO)nc32)[C@H](O)[C@@H]1O. The summed E-state index contributed by atoms with van der Waals surface area (Å²) in [6.45, 7) is -2.18. The Balaban J connectivity index is 1.38. The fraction of sp³-hybridized carbons (Fsp3) is 0.684. The summed E-state index contributed by atoms with van der Waals surface area (Å²) in [5.41, 5.74) is 0.237. The van der Waals surface area contributed by atoms with Crippen LogP contribution in [0.2, 0.25) is 0 Å². The van der Waals surface area contributed by atoms with E-state index >= 15 is 0 Å². The van der Waals surface area contributed by atoms with Gasteiger partial charge in [-0.3, -0.25) is 4.57 Å². The van der Waals surface area contributed by atoms with Gasteiger partial charge in [0.25, 0.3) is 0 Å². The number of nitrogens with one attached hydrogen (secondary N) is 2. The van der Waals surface area contributed by atoms with Gasteiger partial charge in [-0.15, -0.1) is 10.2 Å². The Kier molecular flexibility index (Phi) is 7.42. The second-order valence-corrected chi connectivity index (χ2v) is 11.2. The van der Waals surface area contributed by atoms with Crippen molar-refractivity contribution in [2.45, 2.75) is 68.2 Å². The lowest BCUT2D eigenvalue weighted by atomic mass is 9.93. The molecule has 5 atom stereocenters. The topological polar surface area (TPSA) is 267 Å². The number of H-pyrrole nitrogens is 1. The maximum Gasteiger partial charge on any atom is 0.359 e. The number of nitrogens with zero attached hydrogens (tertiary/aromatic N) is 7. The average Bonchev–Trinajstić information content (AvgIpc) is 3.59. The first-order chi connectivity index (χ1) is 18.2. The van der Waals surface area contributed by atoms with E-state index < -0.39 is 63.7 Å². The van der Waals surface area contributed by atoms with Crippen molar-refractivity contribution >= 4 is 24.4 Å². The summed E-state index contributed by atoms with van der Waals surface area (Å²) in [6.07, 6.45) is -1.70. The van der Waals surface area contributed by atoms with Crippen LogP contribution in [0, 0.1) is 0 Å². The van der Waals surface area contributed by atoms with Gasteiger partial charge in [-0.2, -0.15) is 10.3 Å². The lowest BCUT2D eigenvalue weighted by Crippen LogP contribution is -2.43. The van der Waals surface area contributed by atoms with Crippen molar-refractivity contribution in [1.82, 2.24) is 40.4 Å². The molecule has 2 unspecified atom stereocenters.